The number of carbonyl (C=O) groups is 3. The molecule has 158 valence electrons. The molecule has 2 atom stereocenters. The van der Waals surface area contributed by atoms with Gasteiger partial charge < -0.3 is 10.6 Å². The Bertz CT molecular complexity index is 977. The molecule has 7 nitrogen and oxygen atoms in total. The van der Waals surface area contributed by atoms with Crippen LogP contribution in [0.2, 0.25) is 0 Å². The number of amides is 4. The number of carbonyl (C=O) groups excluding carboxylic acids is 3. The molecule has 2 aliphatic rings. The third-order valence-corrected chi connectivity index (χ3v) is 6.81. The third kappa shape index (κ3) is 3.94. The lowest BCUT2D eigenvalue weighted by molar-refractivity contribution is -0.136. The lowest BCUT2D eigenvalue weighted by Gasteiger charge is -2.36. The number of anilines is 1. The number of hydrogen-bond acceptors (Lipinski definition) is 5. The van der Waals surface area contributed by atoms with Gasteiger partial charge in [-0.1, -0.05) is 31.9 Å². The van der Waals surface area contributed by atoms with Gasteiger partial charge in [0.1, 0.15) is 17.9 Å². The zero-order valence-electron chi connectivity index (χ0n) is 16.6. The molecule has 1 saturated heterocycles. The summed E-state index contributed by atoms with van der Waals surface area (Å²) in [4.78, 5) is 43.9. The van der Waals surface area contributed by atoms with E-state index >= 15 is 0 Å². The van der Waals surface area contributed by atoms with Gasteiger partial charge in [0.25, 0.3) is 5.91 Å². The van der Waals surface area contributed by atoms with Gasteiger partial charge in [-0.3, -0.25) is 14.5 Å². The van der Waals surface area contributed by atoms with Crippen molar-refractivity contribution in [3.63, 3.8) is 0 Å². The van der Waals surface area contributed by atoms with Crippen molar-refractivity contribution in [2.45, 2.75) is 44.6 Å². The van der Waals surface area contributed by atoms with E-state index in [2.05, 4.69) is 15.6 Å². The summed E-state index contributed by atoms with van der Waals surface area (Å²) in [6.45, 7) is 1.63. The molecule has 0 radical (unpaired) electrons. The number of hydrogen-bond donors (Lipinski definition) is 2. The molecule has 0 unspecified atom stereocenters. The minimum atomic E-state index is -0.876. The van der Waals surface area contributed by atoms with Crippen molar-refractivity contribution in [2.75, 3.05) is 11.9 Å². The molecule has 2 heterocycles. The molecule has 0 bridgehead atoms. The van der Waals surface area contributed by atoms with Gasteiger partial charge in [0.05, 0.1) is 0 Å². The maximum Gasteiger partial charge on any atom is 0.325 e. The SMILES string of the molecule is C[C@@H]1CCCC[C@]12NC(=O)N(CC(=O)Nc1ncc(Cc3ccc(F)cc3)s1)C2=O. The van der Waals surface area contributed by atoms with Gasteiger partial charge in [-0.05, 0) is 36.5 Å². The zero-order valence-corrected chi connectivity index (χ0v) is 17.4. The van der Waals surface area contributed by atoms with Gasteiger partial charge in [0, 0.05) is 17.5 Å². The molecular weight excluding hydrogens is 407 g/mol. The normalized spacial score (nSPS) is 23.7. The number of thiazole rings is 1. The minimum Gasteiger partial charge on any atom is -0.323 e. The fraction of sp³-hybridized carbons (Fsp3) is 0.429. The lowest BCUT2D eigenvalue weighted by Crippen LogP contribution is -2.54. The number of urea groups is 1. The van der Waals surface area contributed by atoms with Crippen LogP contribution in [0.15, 0.2) is 30.5 Å². The average molecular weight is 431 g/mol. The molecule has 2 fully saturated rings. The molecule has 4 amide bonds. The van der Waals surface area contributed by atoms with Crippen LogP contribution >= 0.6 is 11.3 Å². The van der Waals surface area contributed by atoms with Crippen molar-refractivity contribution in [3.8, 4) is 0 Å². The quantitative estimate of drug-likeness (QED) is 0.712. The molecule has 2 N–H and O–H groups in total. The van der Waals surface area contributed by atoms with E-state index in [9.17, 15) is 18.8 Å². The Morgan fingerprint density at radius 2 is 2.10 bits per heavy atom. The van der Waals surface area contributed by atoms with Gasteiger partial charge in [-0.25, -0.2) is 14.2 Å². The van der Waals surface area contributed by atoms with Gasteiger partial charge in [0.15, 0.2) is 5.13 Å². The van der Waals surface area contributed by atoms with E-state index in [4.69, 9.17) is 0 Å². The second-order valence-electron chi connectivity index (χ2n) is 7.92. The first-order chi connectivity index (χ1) is 14.4. The van der Waals surface area contributed by atoms with Crippen LogP contribution in [-0.4, -0.2) is 39.8 Å². The van der Waals surface area contributed by atoms with Crippen LogP contribution in [0.25, 0.3) is 0 Å². The van der Waals surface area contributed by atoms with Gasteiger partial charge in [0.2, 0.25) is 5.91 Å². The first-order valence-electron chi connectivity index (χ1n) is 10.0. The van der Waals surface area contributed by atoms with E-state index in [1.165, 1.54) is 23.5 Å². The molecule has 30 heavy (non-hydrogen) atoms. The van der Waals surface area contributed by atoms with Crippen LogP contribution in [0.5, 0.6) is 0 Å². The van der Waals surface area contributed by atoms with Crippen molar-refractivity contribution < 1.29 is 18.8 Å². The Labute approximate surface area is 177 Å². The molecule has 1 aliphatic heterocycles. The first-order valence-corrected chi connectivity index (χ1v) is 10.8. The number of imide groups is 1. The summed E-state index contributed by atoms with van der Waals surface area (Å²) in [6, 6.07) is 5.69. The topological polar surface area (TPSA) is 91.4 Å². The number of halogens is 1. The second kappa shape index (κ2) is 8.14. The molecule has 1 aliphatic carbocycles. The number of nitrogens with one attached hydrogen (secondary N) is 2. The summed E-state index contributed by atoms with van der Waals surface area (Å²) in [6.07, 6.45) is 5.62. The maximum absolute atomic E-state index is 13.0. The van der Waals surface area contributed by atoms with E-state index in [1.54, 1.807) is 18.3 Å². The molecule has 9 heteroatoms. The summed E-state index contributed by atoms with van der Waals surface area (Å²) in [5.41, 5.74) is 0.0585. The number of benzene rings is 1. The van der Waals surface area contributed by atoms with Crippen LogP contribution in [0.3, 0.4) is 0 Å². The predicted octanol–water partition coefficient (Wildman–Crippen LogP) is 3.31. The highest BCUT2D eigenvalue weighted by molar-refractivity contribution is 7.15. The summed E-state index contributed by atoms with van der Waals surface area (Å²) in [5.74, 6) is -1.03. The second-order valence-corrected chi connectivity index (χ2v) is 9.04. The Hall–Kier alpha value is -2.81. The van der Waals surface area contributed by atoms with Crippen LogP contribution in [0.1, 0.15) is 43.0 Å². The van der Waals surface area contributed by atoms with E-state index in [1.807, 2.05) is 6.92 Å². The number of rotatable bonds is 5. The maximum atomic E-state index is 13.0. The molecule has 1 saturated carbocycles. The van der Waals surface area contributed by atoms with Crippen LogP contribution in [0, 0.1) is 11.7 Å². The van der Waals surface area contributed by atoms with Crippen molar-refractivity contribution in [1.29, 1.82) is 0 Å². The summed E-state index contributed by atoms with van der Waals surface area (Å²) in [7, 11) is 0. The molecule has 1 spiro atoms. The monoisotopic (exact) mass is 430 g/mol. The first kappa shape index (κ1) is 20.5. The third-order valence-electron chi connectivity index (χ3n) is 5.89. The highest BCUT2D eigenvalue weighted by Gasteiger charge is 2.55. The Morgan fingerprint density at radius 3 is 2.83 bits per heavy atom. The Balaban J connectivity index is 1.37. The average Bonchev–Trinajstić information content (AvgIpc) is 3.24. The zero-order chi connectivity index (χ0) is 21.3. The molecule has 4 rings (SSSR count). The van der Waals surface area contributed by atoms with Crippen LogP contribution in [0.4, 0.5) is 14.3 Å². The predicted molar refractivity (Wildman–Crippen MR) is 111 cm³/mol. The Kier molecular flexibility index (Phi) is 5.55. The molecular formula is C21H23FN4O3S. The van der Waals surface area contributed by atoms with Crippen molar-refractivity contribution >= 4 is 34.3 Å². The fourth-order valence-electron chi connectivity index (χ4n) is 4.19. The van der Waals surface area contributed by atoms with Crippen LogP contribution in [-0.2, 0) is 16.0 Å². The van der Waals surface area contributed by atoms with Gasteiger partial charge in [-0.15, -0.1) is 11.3 Å². The van der Waals surface area contributed by atoms with E-state index in [-0.39, 0.29) is 24.2 Å². The standard InChI is InChI=1S/C21H23FN4O3S/c1-13-4-2-3-9-21(13)18(28)26(20(29)25-21)12-17(27)24-19-23-11-16(30-19)10-14-5-7-15(22)8-6-14/h5-8,11,13H,2-4,9-10,12H2,1H3,(H,25,29)(H,23,24,27)/t13-,21+/m1/s1. The summed E-state index contributed by atoms with van der Waals surface area (Å²) >= 11 is 1.30. The largest absolute Gasteiger partial charge is 0.325 e. The van der Waals surface area contributed by atoms with Gasteiger partial charge >= 0.3 is 6.03 Å². The Morgan fingerprint density at radius 1 is 1.33 bits per heavy atom. The fourth-order valence-corrected chi connectivity index (χ4v) is 5.05. The van der Waals surface area contributed by atoms with E-state index in [0.717, 1.165) is 34.6 Å². The summed E-state index contributed by atoms with van der Waals surface area (Å²) in [5, 5.41) is 5.90. The smallest absolute Gasteiger partial charge is 0.323 e. The van der Waals surface area contributed by atoms with Crippen molar-refractivity contribution in [1.82, 2.24) is 15.2 Å². The highest BCUT2D eigenvalue weighted by Crippen LogP contribution is 2.38. The molecule has 2 aromatic rings. The van der Waals surface area contributed by atoms with Crippen molar-refractivity contribution in [2.24, 2.45) is 5.92 Å². The summed E-state index contributed by atoms with van der Waals surface area (Å²) < 4.78 is 13.0. The number of aromatic nitrogens is 1. The minimum absolute atomic E-state index is 0.0451. The van der Waals surface area contributed by atoms with E-state index in [0.29, 0.717) is 18.0 Å². The van der Waals surface area contributed by atoms with Crippen molar-refractivity contribution in [3.05, 3.63) is 46.7 Å². The van der Waals surface area contributed by atoms with Crippen LogP contribution < -0.4 is 10.6 Å². The lowest BCUT2D eigenvalue weighted by atomic mass is 9.73. The molecule has 1 aromatic heterocycles. The molecule has 1 aromatic carbocycles. The number of nitrogens with zero attached hydrogens (tertiary/aromatic N) is 2. The van der Waals surface area contributed by atoms with Gasteiger partial charge in [-0.2, -0.15) is 0 Å². The van der Waals surface area contributed by atoms with E-state index < -0.39 is 17.5 Å². The highest BCUT2D eigenvalue weighted by atomic mass is 32.1.